The summed E-state index contributed by atoms with van der Waals surface area (Å²) in [6.07, 6.45) is -8.55. The van der Waals surface area contributed by atoms with Gasteiger partial charge in [-0.2, -0.15) is 26.3 Å². The first-order valence-corrected chi connectivity index (χ1v) is 6.83. The molecule has 102 valence electrons. The maximum absolute atomic E-state index is 12.2. The molecule has 0 aromatic carbocycles. The van der Waals surface area contributed by atoms with Crippen molar-refractivity contribution >= 4 is 33.2 Å². The second-order valence-electron chi connectivity index (χ2n) is 2.92. The van der Waals surface area contributed by atoms with Gasteiger partial charge in [0.25, 0.3) is 0 Å². The van der Waals surface area contributed by atoms with Gasteiger partial charge in [-0.05, 0) is 22.9 Å². The van der Waals surface area contributed by atoms with Crippen molar-refractivity contribution in [2.45, 2.75) is 22.1 Å². The molecule has 0 aliphatic carbocycles. The zero-order valence-electron chi connectivity index (χ0n) is 8.22. The molecule has 10 heteroatoms. The van der Waals surface area contributed by atoms with Gasteiger partial charge >= 0.3 is 12.4 Å². The van der Waals surface area contributed by atoms with E-state index in [2.05, 4.69) is 4.98 Å². The Bertz CT molecular complexity index is 390. The van der Waals surface area contributed by atoms with Crippen LogP contribution in [0.4, 0.5) is 26.3 Å². The van der Waals surface area contributed by atoms with Crippen LogP contribution in [0.1, 0.15) is 5.56 Å². The molecule has 0 N–H and O–H groups in total. The van der Waals surface area contributed by atoms with E-state index in [-0.39, 0.29) is 15.8 Å². The molecule has 0 saturated carbocycles. The van der Waals surface area contributed by atoms with E-state index >= 15 is 0 Å². The Hall–Kier alpha value is -0.280. The first-order valence-electron chi connectivity index (χ1n) is 4.18. The van der Waals surface area contributed by atoms with Gasteiger partial charge in [-0.3, -0.25) is 0 Å². The Labute approximate surface area is 111 Å². The number of hydrogen-bond acceptors (Lipinski definition) is 3. The number of aromatic nitrogens is 1. The van der Waals surface area contributed by atoms with Gasteiger partial charge in [0.2, 0.25) is 0 Å². The molecule has 1 rings (SSSR count). The Kier molecular flexibility index (Phi) is 5.07. The van der Waals surface area contributed by atoms with Gasteiger partial charge in [0, 0.05) is 6.20 Å². The maximum atomic E-state index is 12.2. The lowest BCUT2D eigenvalue weighted by Crippen LogP contribution is -2.18. The van der Waals surface area contributed by atoms with Crippen LogP contribution in [0.5, 0.6) is 0 Å². The van der Waals surface area contributed by atoms with Crippen LogP contribution in [0.25, 0.3) is 0 Å². The summed E-state index contributed by atoms with van der Waals surface area (Å²) < 4.78 is 70.5. The largest absolute Gasteiger partial charge is 0.417 e. The van der Waals surface area contributed by atoms with Crippen molar-refractivity contribution < 1.29 is 26.3 Å². The minimum atomic E-state index is -4.58. The van der Waals surface area contributed by atoms with Crippen molar-refractivity contribution in [2.75, 3.05) is 0 Å². The van der Waals surface area contributed by atoms with Gasteiger partial charge in [-0.15, -0.1) is 11.6 Å². The molecule has 0 radical (unpaired) electrons. The molecule has 0 spiro atoms. The van der Waals surface area contributed by atoms with Crippen molar-refractivity contribution in [1.82, 2.24) is 4.98 Å². The Balaban J connectivity index is 2.60. The summed E-state index contributed by atoms with van der Waals surface area (Å²) in [4.78, 5) is 3.40. The highest BCUT2D eigenvalue weighted by Crippen LogP contribution is 2.43. The summed E-state index contributed by atoms with van der Waals surface area (Å²) in [6, 6.07) is 1.73. The second-order valence-corrected chi connectivity index (χ2v) is 5.94. The minimum Gasteiger partial charge on any atom is -0.248 e. The van der Waals surface area contributed by atoms with Gasteiger partial charge in [0.05, 0.1) is 5.56 Å². The zero-order chi connectivity index (χ0) is 14.0. The van der Waals surface area contributed by atoms with Crippen LogP contribution in [-0.4, -0.2) is 15.9 Å². The molecule has 0 saturated heterocycles. The number of nitrogens with zero attached hydrogens (tertiary/aromatic N) is 1. The maximum Gasteiger partial charge on any atom is 0.417 e. The molecule has 0 bridgehead atoms. The third-order valence-electron chi connectivity index (χ3n) is 1.54. The minimum absolute atomic E-state index is 0.0166. The van der Waals surface area contributed by atoms with E-state index in [1.165, 1.54) is 0 Å². The van der Waals surface area contributed by atoms with Gasteiger partial charge in [0.15, 0.2) is 4.71 Å². The SMILES string of the molecule is FC(F)(F)c1ccc(SSC(Cl)C(F)(F)F)nc1. The third-order valence-corrected chi connectivity index (χ3v) is 4.69. The molecular weight excluding hydrogens is 324 g/mol. The molecule has 1 aromatic rings. The molecule has 1 atom stereocenters. The summed E-state index contributed by atoms with van der Waals surface area (Å²) in [7, 11) is 0.824. The number of rotatable bonds is 3. The smallest absolute Gasteiger partial charge is 0.248 e. The lowest BCUT2D eigenvalue weighted by atomic mass is 10.3. The number of pyridine rings is 1. The van der Waals surface area contributed by atoms with Crippen LogP contribution in [0.15, 0.2) is 23.4 Å². The Morgan fingerprint density at radius 2 is 1.72 bits per heavy atom. The first kappa shape index (κ1) is 15.8. The molecule has 0 aliphatic rings. The summed E-state index contributed by atoms with van der Waals surface area (Å²) in [5.41, 5.74) is -0.963. The molecule has 0 aliphatic heterocycles. The second kappa shape index (κ2) is 5.79. The Morgan fingerprint density at radius 1 is 1.11 bits per heavy atom. The predicted molar refractivity (Wildman–Crippen MR) is 58.4 cm³/mol. The molecule has 1 nitrogen and oxygen atoms in total. The van der Waals surface area contributed by atoms with Crippen molar-refractivity contribution in [3.8, 4) is 0 Å². The Morgan fingerprint density at radius 3 is 2.11 bits per heavy atom. The number of hydrogen-bond donors (Lipinski definition) is 0. The highest BCUT2D eigenvalue weighted by atomic mass is 35.5. The lowest BCUT2D eigenvalue weighted by Gasteiger charge is -2.12. The van der Waals surface area contributed by atoms with Crippen molar-refractivity contribution in [3.05, 3.63) is 23.9 Å². The molecule has 1 unspecified atom stereocenters. The number of halogens is 7. The summed E-state index contributed by atoms with van der Waals surface area (Å²) in [6.45, 7) is 0. The van der Waals surface area contributed by atoms with Crippen LogP contribution in [-0.2, 0) is 6.18 Å². The summed E-state index contributed by atoms with van der Waals surface area (Å²) >= 11 is 5.02. The van der Waals surface area contributed by atoms with Crippen LogP contribution < -0.4 is 0 Å². The van der Waals surface area contributed by atoms with Crippen molar-refractivity contribution in [2.24, 2.45) is 0 Å². The molecule has 1 aromatic heterocycles. The monoisotopic (exact) mass is 327 g/mol. The van der Waals surface area contributed by atoms with E-state index in [0.29, 0.717) is 17.0 Å². The van der Waals surface area contributed by atoms with Crippen LogP contribution in [0.2, 0.25) is 0 Å². The third kappa shape index (κ3) is 4.77. The molecular formula is C8H4ClF6NS2. The van der Waals surface area contributed by atoms with Crippen LogP contribution >= 0.6 is 33.2 Å². The molecule has 0 fully saturated rings. The van der Waals surface area contributed by atoms with Gasteiger partial charge in [0.1, 0.15) is 5.03 Å². The topological polar surface area (TPSA) is 12.9 Å². The van der Waals surface area contributed by atoms with Crippen LogP contribution in [0.3, 0.4) is 0 Å². The molecule has 1 heterocycles. The lowest BCUT2D eigenvalue weighted by molar-refractivity contribution is -0.137. The average Bonchev–Trinajstić information content (AvgIpc) is 2.24. The highest BCUT2D eigenvalue weighted by Gasteiger charge is 2.39. The molecule has 18 heavy (non-hydrogen) atoms. The fraction of sp³-hybridized carbons (Fsp3) is 0.375. The van der Waals surface area contributed by atoms with Crippen LogP contribution in [0, 0.1) is 0 Å². The predicted octanol–water partition coefficient (Wildman–Crippen LogP) is 4.97. The normalized spacial score (nSPS) is 14.6. The molecule has 0 amide bonds. The van der Waals surface area contributed by atoms with E-state index in [4.69, 9.17) is 11.6 Å². The van der Waals surface area contributed by atoms with Crippen molar-refractivity contribution in [3.63, 3.8) is 0 Å². The fourth-order valence-corrected chi connectivity index (χ4v) is 2.75. The zero-order valence-corrected chi connectivity index (χ0v) is 10.6. The van der Waals surface area contributed by atoms with E-state index in [1.807, 2.05) is 0 Å². The first-order chi connectivity index (χ1) is 8.10. The van der Waals surface area contributed by atoms with Gasteiger partial charge in [-0.25, -0.2) is 4.98 Å². The van der Waals surface area contributed by atoms with E-state index < -0.39 is 22.6 Å². The van der Waals surface area contributed by atoms with E-state index in [0.717, 1.165) is 12.1 Å². The standard InChI is InChI=1S/C8H4ClF6NS2/c9-6(8(13,14)15)18-17-5-2-1-4(3-16-5)7(10,11)12/h1-3,6H. The van der Waals surface area contributed by atoms with Crippen molar-refractivity contribution in [1.29, 1.82) is 0 Å². The quantitative estimate of drug-likeness (QED) is 0.442. The van der Waals surface area contributed by atoms with E-state index in [1.54, 1.807) is 0 Å². The van der Waals surface area contributed by atoms with Gasteiger partial charge in [-0.1, -0.05) is 10.8 Å². The number of alkyl halides is 7. The van der Waals surface area contributed by atoms with Gasteiger partial charge < -0.3 is 0 Å². The fourth-order valence-electron chi connectivity index (χ4n) is 0.743. The highest BCUT2D eigenvalue weighted by molar-refractivity contribution is 8.77. The summed E-state index contributed by atoms with van der Waals surface area (Å²) in [5, 5.41) is 0.0166. The summed E-state index contributed by atoms with van der Waals surface area (Å²) in [5.74, 6) is 0. The average molecular weight is 328 g/mol. The van der Waals surface area contributed by atoms with E-state index in [9.17, 15) is 26.3 Å².